The van der Waals surface area contributed by atoms with Crippen molar-refractivity contribution in [3.63, 3.8) is 0 Å². The van der Waals surface area contributed by atoms with E-state index < -0.39 is 24.9 Å². The SMILES string of the molecule is O=C1CNCC(=O)OB(C(=O)NC2CCCCC2)O1. The fourth-order valence-corrected chi connectivity index (χ4v) is 2.24. The molecule has 0 spiro atoms. The Bertz CT molecular complexity index is 352. The van der Waals surface area contributed by atoms with E-state index in [4.69, 9.17) is 9.31 Å². The Morgan fingerprint density at radius 3 is 2.26 bits per heavy atom. The van der Waals surface area contributed by atoms with Crippen LogP contribution in [0, 0.1) is 0 Å². The third-order valence-electron chi connectivity index (χ3n) is 3.18. The average molecular weight is 268 g/mol. The van der Waals surface area contributed by atoms with Gasteiger partial charge in [0.15, 0.2) is 0 Å². The van der Waals surface area contributed by atoms with Crippen LogP contribution in [0.15, 0.2) is 0 Å². The van der Waals surface area contributed by atoms with Gasteiger partial charge in [0.1, 0.15) is 0 Å². The first kappa shape index (κ1) is 13.9. The van der Waals surface area contributed by atoms with Gasteiger partial charge in [-0.1, -0.05) is 19.3 Å². The number of hydrogen-bond acceptors (Lipinski definition) is 6. The molecule has 0 aromatic carbocycles. The van der Waals surface area contributed by atoms with Crippen molar-refractivity contribution in [2.45, 2.75) is 38.1 Å². The molecule has 1 amide bonds. The van der Waals surface area contributed by atoms with Crippen LogP contribution in [0.3, 0.4) is 0 Å². The van der Waals surface area contributed by atoms with Gasteiger partial charge in [-0.2, -0.15) is 0 Å². The minimum atomic E-state index is -1.47. The van der Waals surface area contributed by atoms with Crippen LogP contribution in [-0.4, -0.2) is 44.0 Å². The van der Waals surface area contributed by atoms with Crippen LogP contribution in [0.1, 0.15) is 32.1 Å². The summed E-state index contributed by atoms with van der Waals surface area (Å²) in [4.78, 5) is 34.5. The van der Waals surface area contributed by atoms with Gasteiger partial charge in [0.2, 0.25) is 0 Å². The zero-order valence-corrected chi connectivity index (χ0v) is 10.6. The molecular weight excluding hydrogens is 251 g/mol. The van der Waals surface area contributed by atoms with Crippen molar-refractivity contribution in [3.8, 4) is 0 Å². The van der Waals surface area contributed by atoms with Crippen molar-refractivity contribution in [2.75, 3.05) is 13.1 Å². The number of carbonyl (C=O) groups excluding carboxylic acids is 3. The molecule has 8 heteroatoms. The third kappa shape index (κ3) is 4.24. The number of carbonyl (C=O) groups is 3. The molecule has 19 heavy (non-hydrogen) atoms. The molecule has 2 N–H and O–H groups in total. The average Bonchev–Trinajstić information content (AvgIpc) is 2.37. The van der Waals surface area contributed by atoms with Crippen LogP contribution in [-0.2, 0) is 18.9 Å². The zero-order valence-electron chi connectivity index (χ0n) is 10.6. The van der Waals surface area contributed by atoms with Gasteiger partial charge in [0.25, 0.3) is 5.81 Å². The third-order valence-corrected chi connectivity index (χ3v) is 3.18. The molecule has 1 heterocycles. The highest BCUT2D eigenvalue weighted by Gasteiger charge is 2.39. The summed E-state index contributed by atoms with van der Waals surface area (Å²) in [5, 5.41) is 5.31. The molecule has 7 nitrogen and oxygen atoms in total. The summed E-state index contributed by atoms with van der Waals surface area (Å²) in [5.41, 5.74) is 0. The maximum Gasteiger partial charge on any atom is 0.698 e. The molecule has 0 atom stereocenters. The second-order valence-electron chi connectivity index (χ2n) is 4.76. The lowest BCUT2D eigenvalue weighted by atomic mass is 9.86. The van der Waals surface area contributed by atoms with E-state index in [2.05, 4.69) is 10.6 Å². The smallest absolute Gasteiger partial charge is 0.491 e. The van der Waals surface area contributed by atoms with Gasteiger partial charge >= 0.3 is 19.1 Å². The van der Waals surface area contributed by atoms with E-state index in [-0.39, 0.29) is 19.1 Å². The van der Waals surface area contributed by atoms with Crippen molar-refractivity contribution >= 4 is 24.9 Å². The van der Waals surface area contributed by atoms with Crippen molar-refractivity contribution in [3.05, 3.63) is 0 Å². The minimum absolute atomic E-state index is 0.0715. The van der Waals surface area contributed by atoms with E-state index in [1.165, 1.54) is 6.42 Å². The maximum absolute atomic E-state index is 11.9. The second-order valence-corrected chi connectivity index (χ2v) is 4.76. The van der Waals surface area contributed by atoms with Gasteiger partial charge in [-0.3, -0.25) is 19.7 Å². The summed E-state index contributed by atoms with van der Waals surface area (Å²) < 4.78 is 9.62. The molecule has 0 bridgehead atoms. The minimum Gasteiger partial charge on any atom is -0.491 e. The quantitative estimate of drug-likeness (QED) is 0.673. The van der Waals surface area contributed by atoms with Crippen molar-refractivity contribution in [1.29, 1.82) is 0 Å². The van der Waals surface area contributed by atoms with Crippen molar-refractivity contribution in [1.82, 2.24) is 10.6 Å². The summed E-state index contributed by atoms with van der Waals surface area (Å²) in [6.07, 6.45) is 5.12. The highest BCUT2D eigenvalue weighted by atomic mass is 16.6. The molecular formula is C11H17BN2O5. The van der Waals surface area contributed by atoms with Crippen molar-refractivity contribution < 1.29 is 23.7 Å². The van der Waals surface area contributed by atoms with E-state index in [0.29, 0.717) is 0 Å². The monoisotopic (exact) mass is 268 g/mol. The van der Waals surface area contributed by atoms with Crippen LogP contribution >= 0.6 is 0 Å². The normalized spacial score (nSPS) is 22.0. The first-order valence-electron chi connectivity index (χ1n) is 6.55. The Morgan fingerprint density at radius 2 is 1.68 bits per heavy atom. The van der Waals surface area contributed by atoms with Gasteiger partial charge < -0.3 is 14.6 Å². The summed E-state index contributed by atoms with van der Waals surface area (Å²) in [6, 6.07) is 0.0715. The molecule has 0 aromatic heterocycles. The fraction of sp³-hybridized carbons (Fsp3) is 0.727. The lowest BCUT2D eigenvalue weighted by Gasteiger charge is -2.24. The summed E-state index contributed by atoms with van der Waals surface area (Å²) >= 11 is 0. The number of rotatable bonds is 2. The van der Waals surface area contributed by atoms with Crippen molar-refractivity contribution in [2.24, 2.45) is 0 Å². The first-order valence-corrected chi connectivity index (χ1v) is 6.55. The van der Waals surface area contributed by atoms with Gasteiger partial charge in [0, 0.05) is 6.04 Å². The highest BCUT2D eigenvalue weighted by molar-refractivity contribution is 6.82. The molecule has 0 radical (unpaired) electrons. The van der Waals surface area contributed by atoms with Crippen LogP contribution in [0.4, 0.5) is 4.79 Å². The van der Waals surface area contributed by atoms with Crippen LogP contribution in [0.2, 0.25) is 0 Å². The number of amides is 1. The predicted molar refractivity (Wildman–Crippen MR) is 66.2 cm³/mol. The first-order chi connectivity index (χ1) is 9.15. The Kier molecular flexibility index (Phi) is 4.78. The van der Waals surface area contributed by atoms with E-state index in [1.54, 1.807) is 0 Å². The van der Waals surface area contributed by atoms with Gasteiger partial charge in [-0.15, -0.1) is 0 Å². The summed E-state index contributed by atoms with van der Waals surface area (Å²) in [6.45, 7) is -0.218. The Hall–Kier alpha value is -1.57. The van der Waals surface area contributed by atoms with E-state index in [9.17, 15) is 14.4 Å². The van der Waals surface area contributed by atoms with Gasteiger partial charge in [0.05, 0.1) is 13.1 Å². The summed E-state index contributed by atoms with van der Waals surface area (Å²) in [5.74, 6) is -1.79. The number of nitrogens with one attached hydrogen (secondary N) is 2. The highest BCUT2D eigenvalue weighted by Crippen LogP contribution is 2.17. The fourth-order valence-electron chi connectivity index (χ4n) is 2.24. The standard InChI is InChI=1S/C11H17BN2O5/c15-9-6-13-7-10(16)19-12(18-9)11(17)14-8-4-2-1-3-5-8/h8,13H,1-7H2,(H,14,17). The molecule has 2 rings (SSSR count). The molecule has 1 saturated carbocycles. The van der Waals surface area contributed by atoms with Crippen LogP contribution in [0.5, 0.6) is 0 Å². The van der Waals surface area contributed by atoms with Gasteiger partial charge in [-0.25, -0.2) is 0 Å². The largest absolute Gasteiger partial charge is 0.698 e. The second kappa shape index (κ2) is 6.56. The number of hydrogen-bond donors (Lipinski definition) is 2. The zero-order chi connectivity index (χ0) is 13.7. The Morgan fingerprint density at radius 1 is 1.11 bits per heavy atom. The maximum atomic E-state index is 11.9. The Balaban J connectivity index is 1.90. The Labute approximate surface area is 111 Å². The molecule has 0 aromatic rings. The van der Waals surface area contributed by atoms with Crippen LogP contribution < -0.4 is 10.6 Å². The van der Waals surface area contributed by atoms with E-state index >= 15 is 0 Å². The van der Waals surface area contributed by atoms with Gasteiger partial charge in [-0.05, 0) is 12.8 Å². The lowest BCUT2D eigenvalue weighted by Crippen LogP contribution is -2.51. The molecule has 2 aliphatic rings. The molecule has 1 aliphatic heterocycles. The predicted octanol–water partition coefficient (Wildman–Crippen LogP) is -0.212. The molecule has 2 fully saturated rings. The topological polar surface area (TPSA) is 93.7 Å². The van der Waals surface area contributed by atoms with E-state index in [1.807, 2.05) is 0 Å². The molecule has 104 valence electrons. The van der Waals surface area contributed by atoms with E-state index in [0.717, 1.165) is 25.7 Å². The lowest BCUT2D eigenvalue weighted by molar-refractivity contribution is -0.141. The molecule has 0 unspecified atom stereocenters. The molecule has 1 saturated heterocycles. The molecule has 1 aliphatic carbocycles. The van der Waals surface area contributed by atoms with Crippen LogP contribution in [0.25, 0.3) is 0 Å². The summed E-state index contributed by atoms with van der Waals surface area (Å²) in [7, 11) is -1.47.